The van der Waals surface area contributed by atoms with Crippen molar-refractivity contribution in [3.8, 4) is 0 Å². The van der Waals surface area contributed by atoms with Crippen molar-refractivity contribution in [1.82, 2.24) is 0 Å². The molecule has 0 atom stereocenters. The van der Waals surface area contributed by atoms with Gasteiger partial charge < -0.3 is 13.9 Å². The molecule has 2 aromatic rings. The van der Waals surface area contributed by atoms with Crippen LogP contribution in [-0.2, 0) is 20.7 Å². The van der Waals surface area contributed by atoms with Crippen LogP contribution in [-0.4, -0.2) is 36.8 Å². The van der Waals surface area contributed by atoms with E-state index in [1.54, 1.807) is 13.0 Å². The quantitative estimate of drug-likeness (QED) is 0.511. The molecular weight excluding hydrogens is 398 g/mol. The lowest BCUT2D eigenvalue weighted by Gasteiger charge is -2.06. The number of nitrogens with one attached hydrogen (secondary N) is 1. The van der Waals surface area contributed by atoms with Crippen LogP contribution in [0.5, 0.6) is 0 Å². The molecule has 2 rings (SSSR count). The van der Waals surface area contributed by atoms with Crippen LogP contribution in [0.15, 0.2) is 10.5 Å². The number of carbonyl (C=O) groups is 4. The van der Waals surface area contributed by atoms with Crippen molar-refractivity contribution in [3.63, 3.8) is 0 Å². The smallest absolute Gasteiger partial charge is 0.348 e. The van der Waals surface area contributed by atoms with E-state index >= 15 is 0 Å². The number of ether oxygens (including phenoxy) is 2. The second-order valence-electron chi connectivity index (χ2n) is 6.18. The fraction of sp³-hybridized carbons (Fsp3) is 0.400. The molecule has 0 aliphatic heterocycles. The number of ketones is 1. The number of hydrogen-bond acceptors (Lipinski definition) is 8. The maximum atomic E-state index is 12.2. The Morgan fingerprint density at radius 2 is 1.76 bits per heavy atom. The van der Waals surface area contributed by atoms with Crippen molar-refractivity contribution >= 4 is 40.9 Å². The van der Waals surface area contributed by atoms with Gasteiger partial charge in [0.25, 0.3) is 5.91 Å². The average molecular weight is 421 g/mol. The summed E-state index contributed by atoms with van der Waals surface area (Å²) < 4.78 is 15.4. The van der Waals surface area contributed by atoms with Gasteiger partial charge in [-0.05, 0) is 45.7 Å². The number of rotatable bonds is 8. The number of anilines is 1. The van der Waals surface area contributed by atoms with Gasteiger partial charge in [-0.3, -0.25) is 14.9 Å². The fourth-order valence-electron chi connectivity index (χ4n) is 2.79. The van der Waals surface area contributed by atoms with Crippen LogP contribution in [0, 0.1) is 13.8 Å². The molecule has 0 aromatic carbocycles. The normalized spacial score (nSPS) is 10.5. The number of Topliss-reactive ketones (excluding diaryl/α,β-unsaturated/α-hetero) is 1. The minimum absolute atomic E-state index is 0.0388. The monoisotopic (exact) mass is 421 g/mol. The second-order valence-corrected chi connectivity index (χ2v) is 7.44. The number of thiophene rings is 1. The topological polar surface area (TPSA) is 112 Å². The fourth-order valence-corrected chi connectivity index (χ4v) is 3.80. The van der Waals surface area contributed by atoms with Crippen LogP contribution in [0.4, 0.5) is 5.88 Å². The highest BCUT2D eigenvalue weighted by Crippen LogP contribution is 2.28. The summed E-state index contributed by atoms with van der Waals surface area (Å²) in [6.07, 6.45) is 0.795. The molecular formula is C20H23NO7S. The minimum Gasteiger partial charge on any atom is -0.462 e. The zero-order valence-corrected chi connectivity index (χ0v) is 17.8. The average Bonchev–Trinajstić information content (AvgIpc) is 3.19. The molecule has 2 heterocycles. The van der Waals surface area contributed by atoms with Crippen molar-refractivity contribution in [2.24, 2.45) is 0 Å². The molecule has 0 spiro atoms. The van der Waals surface area contributed by atoms with Gasteiger partial charge in [0.2, 0.25) is 5.88 Å². The zero-order valence-electron chi connectivity index (χ0n) is 17.0. The molecule has 8 nitrogen and oxygen atoms in total. The Morgan fingerprint density at radius 3 is 2.31 bits per heavy atom. The first-order valence-electron chi connectivity index (χ1n) is 9.07. The summed E-state index contributed by atoms with van der Waals surface area (Å²) in [4.78, 5) is 49.9. The molecule has 9 heteroatoms. The summed E-state index contributed by atoms with van der Waals surface area (Å²) in [5, 5.41) is 2.37. The molecule has 0 saturated heterocycles. The highest BCUT2D eigenvalue weighted by Gasteiger charge is 2.29. The van der Waals surface area contributed by atoms with Crippen LogP contribution in [0.1, 0.15) is 67.4 Å². The largest absolute Gasteiger partial charge is 0.462 e. The molecule has 1 N–H and O–H groups in total. The number of carbonyl (C=O) groups excluding carboxylic acids is 4. The summed E-state index contributed by atoms with van der Waals surface area (Å²) in [6.45, 7) is 7.81. The van der Waals surface area contributed by atoms with E-state index in [1.165, 1.54) is 25.2 Å². The lowest BCUT2D eigenvalue weighted by Crippen LogP contribution is -2.22. The van der Waals surface area contributed by atoms with Crippen molar-refractivity contribution in [3.05, 3.63) is 38.3 Å². The van der Waals surface area contributed by atoms with E-state index < -0.39 is 30.2 Å². The van der Waals surface area contributed by atoms with Crippen molar-refractivity contribution in [1.29, 1.82) is 0 Å². The molecule has 156 valence electrons. The predicted octanol–water partition coefficient (Wildman–Crippen LogP) is 3.70. The van der Waals surface area contributed by atoms with Gasteiger partial charge >= 0.3 is 11.9 Å². The van der Waals surface area contributed by atoms with Crippen molar-refractivity contribution in [2.75, 3.05) is 18.5 Å². The van der Waals surface area contributed by atoms with Gasteiger partial charge in [0.15, 0.2) is 12.4 Å². The Morgan fingerprint density at radius 1 is 1.07 bits per heavy atom. The number of esters is 2. The molecule has 0 aliphatic carbocycles. The number of hydrogen-bond donors (Lipinski definition) is 1. The summed E-state index contributed by atoms with van der Waals surface area (Å²) in [5.74, 6) is -2.55. The van der Waals surface area contributed by atoms with E-state index in [0.29, 0.717) is 4.88 Å². The van der Waals surface area contributed by atoms with E-state index in [0.717, 1.165) is 16.9 Å². The summed E-state index contributed by atoms with van der Waals surface area (Å²) >= 11 is 1.30. The standard InChI is InChI=1S/C20H23NO7S/c1-6-13-8-14(29-12(13)5)19(24)27-9-15(23)21-18-17(20(25)26-7-2)16(10(3)22)11(4)28-18/h8H,6-7,9H2,1-5H3,(H,21,23). The van der Waals surface area contributed by atoms with Crippen LogP contribution in [0.25, 0.3) is 0 Å². The Balaban J connectivity index is 2.12. The van der Waals surface area contributed by atoms with Crippen molar-refractivity contribution in [2.45, 2.75) is 41.0 Å². The van der Waals surface area contributed by atoms with Gasteiger partial charge in [-0.2, -0.15) is 0 Å². The Hall–Kier alpha value is -2.94. The van der Waals surface area contributed by atoms with Gasteiger partial charge in [0.1, 0.15) is 16.2 Å². The van der Waals surface area contributed by atoms with Gasteiger partial charge in [0, 0.05) is 4.88 Å². The predicted molar refractivity (Wildman–Crippen MR) is 107 cm³/mol. The van der Waals surface area contributed by atoms with Crippen LogP contribution >= 0.6 is 11.3 Å². The molecule has 29 heavy (non-hydrogen) atoms. The molecule has 1 amide bonds. The number of furan rings is 1. The van der Waals surface area contributed by atoms with Gasteiger partial charge in [0.05, 0.1) is 12.2 Å². The van der Waals surface area contributed by atoms with E-state index in [4.69, 9.17) is 13.9 Å². The van der Waals surface area contributed by atoms with Crippen molar-refractivity contribution < 1.29 is 33.1 Å². The van der Waals surface area contributed by atoms with Crippen LogP contribution in [0.3, 0.4) is 0 Å². The Kier molecular flexibility index (Phi) is 7.33. The minimum atomic E-state index is -0.789. The first-order chi connectivity index (χ1) is 13.7. The first-order valence-corrected chi connectivity index (χ1v) is 9.88. The van der Waals surface area contributed by atoms with E-state index in [2.05, 4.69) is 5.32 Å². The third-order valence-electron chi connectivity index (χ3n) is 4.11. The SMILES string of the molecule is CCOC(=O)c1c(NC(=O)COC(=O)c2cc(CC)c(C)s2)oc(C)c1C(C)=O. The molecule has 0 radical (unpaired) electrons. The number of amides is 1. The molecule has 0 bridgehead atoms. The zero-order chi connectivity index (χ0) is 21.7. The third-order valence-corrected chi connectivity index (χ3v) is 5.18. The lowest BCUT2D eigenvalue weighted by atomic mass is 10.1. The maximum absolute atomic E-state index is 12.2. The highest BCUT2D eigenvalue weighted by atomic mass is 32.1. The first kappa shape index (κ1) is 22.4. The molecule has 0 aliphatic rings. The Bertz CT molecular complexity index is 954. The molecule has 0 saturated carbocycles. The summed E-state index contributed by atoms with van der Waals surface area (Å²) in [6, 6.07) is 1.74. The third kappa shape index (κ3) is 5.11. The van der Waals surface area contributed by atoms with Gasteiger partial charge in [-0.1, -0.05) is 6.92 Å². The lowest BCUT2D eigenvalue weighted by molar-refractivity contribution is -0.119. The maximum Gasteiger partial charge on any atom is 0.348 e. The molecule has 0 unspecified atom stereocenters. The van der Waals surface area contributed by atoms with E-state index in [9.17, 15) is 19.2 Å². The second kappa shape index (κ2) is 9.51. The molecule has 0 fully saturated rings. The summed E-state index contributed by atoms with van der Waals surface area (Å²) in [5.41, 5.74) is 0.934. The molecule has 2 aromatic heterocycles. The Labute approximate surface area is 172 Å². The highest BCUT2D eigenvalue weighted by molar-refractivity contribution is 7.14. The summed E-state index contributed by atoms with van der Waals surface area (Å²) in [7, 11) is 0. The van der Waals surface area contributed by atoms with Crippen LogP contribution < -0.4 is 5.32 Å². The van der Waals surface area contributed by atoms with Gasteiger partial charge in [-0.25, -0.2) is 9.59 Å². The van der Waals surface area contributed by atoms with Crippen LogP contribution in [0.2, 0.25) is 0 Å². The van der Waals surface area contributed by atoms with E-state index in [-0.39, 0.29) is 29.4 Å². The van der Waals surface area contributed by atoms with Gasteiger partial charge in [-0.15, -0.1) is 11.3 Å². The van der Waals surface area contributed by atoms with E-state index in [1.807, 2.05) is 13.8 Å². The number of aryl methyl sites for hydroxylation is 3.